The molecule has 0 saturated heterocycles. The zero-order chi connectivity index (χ0) is 20.5. The standard InChI is InChI=1S/C21H16N6OS2/c1-13-11-17-19(29-13)23-12-24-20(17)30-21-26-25-18(14-7-9-22-10-8-14)27(21)15-3-5-16(28-2)6-4-15/h3-12H,1-2H3. The molecule has 0 fully saturated rings. The number of aromatic nitrogens is 6. The van der Waals surface area contributed by atoms with E-state index in [0.717, 1.165) is 43.2 Å². The summed E-state index contributed by atoms with van der Waals surface area (Å²) >= 11 is 3.13. The van der Waals surface area contributed by atoms with E-state index >= 15 is 0 Å². The van der Waals surface area contributed by atoms with E-state index < -0.39 is 0 Å². The first kappa shape index (κ1) is 18.7. The summed E-state index contributed by atoms with van der Waals surface area (Å²) in [6.45, 7) is 2.07. The summed E-state index contributed by atoms with van der Waals surface area (Å²) in [6, 6.07) is 13.8. The van der Waals surface area contributed by atoms with E-state index in [9.17, 15) is 0 Å². The molecule has 0 aliphatic rings. The van der Waals surface area contributed by atoms with Crippen molar-refractivity contribution in [3.8, 4) is 22.8 Å². The van der Waals surface area contributed by atoms with Crippen molar-refractivity contribution in [2.75, 3.05) is 7.11 Å². The van der Waals surface area contributed by atoms with Crippen LogP contribution in [0.15, 0.2) is 71.4 Å². The Morgan fingerprint density at radius 3 is 2.57 bits per heavy atom. The number of pyridine rings is 1. The highest BCUT2D eigenvalue weighted by molar-refractivity contribution is 7.99. The van der Waals surface area contributed by atoms with Gasteiger partial charge in [0.1, 0.15) is 21.9 Å². The van der Waals surface area contributed by atoms with E-state index in [0.29, 0.717) is 0 Å². The lowest BCUT2D eigenvalue weighted by molar-refractivity contribution is 0.414. The molecule has 0 atom stereocenters. The molecule has 5 aromatic rings. The van der Waals surface area contributed by atoms with Crippen molar-refractivity contribution >= 4 is 33.3 Å². The van der Waals surface area contributed by atoms with Crippen molar-refractivity contribution in [2.24, 2.45) is 0 Å². The quantitative estimate of drug-likeness (QED) is 0.369. The van der Waals surface area contributed by atoms with Crippen LogP contribution in [0.2, 0.25) is 0 Å². The Balaban J connectivity index is 1.65. The van der Waals surface area contributed by atoms with Crippen LogP contribution in [-0.2, 0) is 0 Å². The summed E-state index contributed by atoms with van der Waals surface area (Å²) in [6.07, 6.45) is 5.09. The van der Waals surface area contributed by atoms with Gasteiger partial charge in [-0.1, -0.05) is 0 Å². The van der Waals surface area contributed by atoms with Gasteiger partial charge >= 0.3 is 0 Å². The second-order valence-corrected chi connectivity index (χ2v) is 8.62. The fourth-order valence-electron chi connectivity index (χ4n) is 3.11. The first-order chi connectivity index (χ1) is 14.7. The number of thiophene rings is 1. The van der Waals surface area contributed by atoms with E-state index in [2.05, 4.69) is 38.1 Å². The van der Waals surface area contributed by atoms with Gasteiger partial charge in [0, 0.05) is 28.2 Å². The van der Waals surface area contributed by atoms with E-state index in [1.807, 2.05) is 41.0 Å². The maximum absolute atomic E-state index is 5.31. The molecule has 0 amide bonds. The third-order valence-electron chi connectivity index (χ3n) is 4.51. The van der Waals surface area contributed by atoms with Crippen molar-refractivity contribution in [2.45, 2.75) is 17.1 Å². The normalized spacial score (nSPS) is 11.1. The average Bonchev–Trinajstić information content (AvgIpc) is 3.38. The second kappa shape index (κ2) is 7.85. The van der Waals surface area contributed by atoms with Gasteiger partial charge in [0.25, 0.3) is 0 Å². The second-order valence-electron chi connectivity index (χ2n) is 6.43. The van der Waals surface area contributed by atoms with Crippen LogP contribution in [0, 0.1) is 6.92 Å². The SMILES string of the molecule is COc1ccc(-n2c(Sc3ncnc4sc(C)cc34)nnc2-c2ccncc2)cc1. The minimum absolute atomic E-state index is 0.718. The Kier molecular flexibility index (Phi) is 4.89. The highest BCUT2D eigenvalue weighted by Gasteiger charge is 2.19. The molecule has 0 aliphatic carbocycles. The third-order valence-corrected chi connectivity index (χ3v) is 6.43. The van der Waals surface area contributed by atoms with Gasteiger partial charge in [-0.15, -0.1) is 21.5 Å². The van der Waals surface area contributed by atoms with Crippen molar-refractivity contribution in [1.82, 2.24) is 29.7 Å². The first-order valence-corrected chi connectivity index (χ1v) is 10.8. The lowest BCUT2D eigenvalue weighted by Crippen LogP contribution is -2.00. The minimum atomic E-state index is 0.718. The largest absolute Gasteiger partial charge is 0.497 e. The topological polar surface area (TPSA) is 78.6 Å². The molecule has 4 heterocycles. The van der Waals surface area contributed by atoms with E-state index in [-0.39, 0.29) is 0 Å². The monoisotopic (exact) mass is 432 g/mol. The zero-order valence-corrected chi connectivity index (χ0v) is 17.8. The first-order valence-electron chi connectivity index (χ1n) is 9.12. The minimum Gasteiger partial charge on any atom is -0.497 e. The fourth-order valence-corrected chi connectivity index (χ4v) is 4.93. The number of nitrogens with zero attached hydrogens (tertiary/aromatic N) is 6. The van der Waals surface area contributed by atoms with E-state index in [1.54, 1.807) is 37.2 Å². The molecular formula is C21H16N6OS2. The number of hydrogen-bond donors (Lipinski definition) is 0. The summed E-state index contributed by atoms with van der Waals surface area (Å²) < 4.78 is 7.33. The lowest BCUT2D eigenvalue weighted by atomic mass is 10.2. The molecular weight excluding hydrogens is 416 g/mol. The molecule has 0 unspecified atom stereocenters. The molecule has 30 heavy (non-hydrogen) atoms. The zero-order valence-electron chi connectivity index (χ0n) is 16.2. The highest BCUT2D eigenvalue weighted by atomic mass is 32.2. The van der Waals surface area contributed by atoms with Crippen molar-refractivity contribution in [3.63, 3.8) is 0 Å². The van der Waals surface area contributed by atoms with Gasteiger partial charge in [0.2, 0.25) is 5.16 Å². The summed E-state index contributed by atoms with van der Waals surface area (Å²) in [5.74, 6) is 1.52. The third kappa shape index (κ3) is 3.42. The molecule has 0 saturated carbocycles. The molecule has 0 aliphatic heterocycles. The molecule has 9 heteroatoms. The van der Waals surface area contributed by atoms with Crippen molar-refractivity contribution in [1.29, 1.82) is 0 Å². The molecule has 0 N–H and O–H groups in total. The van der Waals surface area contributed by atoms with Gasteiger partial charge in [0.15, 0.2) is 5.82 Å². The molecule has 0 radical (unpaired) electrons. The van der Waals surface area contributed by atoms with Crippen molar-refractivity contribution < 1.29 is 4.74 Å². The highest BCUT2D eigenvalue weighted by Crippen LogP contribution is 2.36. The van der Waals surface area contributed by atoms with E-state index in [4.69, 9.17) is 4.74 Å². The molecule has 1 aromatic carbocycles. The van der Waals surface area contributed by atoms with E-state index in [1.165, 1.54) is 16.6 Å². The molecule has 4 aromatic heterocycles. The summed E-state index contributed by atoms with van der Waals surface area (Å²) in [7, 11) is 1.65. The summed E-state index contributed by atoms with van der Waals surface area (Å²) in [5, 5.41) is 11.6. The Bertz CT molecular complexity index is 1310. The number of rotatable bonds is 5. The lowest BCUT2D eigenvalue weighted by Gasteiger charge is -2.11. The molecule has 148 valence electrons. The van der Waals surface area contributed by atoms with Gasteiger partial charge in [-0.3, -0.25) is 9.55 Å². The van der Waals surface area contributed by atoms with Crippen LogP contribution in [0.3, 0.4) is 0 Å². The summed E-state index contributed by atoms with van der Waals surface area (Å²) in [5.41, 5.74) is 1.86. The maximum Gasteiger partial charge on any atom is 0.202 e. The van der Waals surface area contributed by atoms with Gasteiger partial charge < -0.3 is 4.74 Å². The van der Waals surface area contributed by atoms with Gasteiger partial charge in [-0.2, -0.15) is 0 Å². The average molecular weight is 433 g/mol. The number of aryl methyl sites for hydroxylation is 1. The molecule has 5 rings (SSSR count). The number of fused-ring (bicyclic) bond motifs is 1. The predicted molar refractivity (Wildman–Crippen MR) is 117 cm³/mol. The van der Waals surface area contributed by atoms with Crippen LogP contribution in [0.4, 0.5) is 0 Å². The van der Waals surface area contributed by atoms with Crippen LogP contribution in [-0.4, -0.2) is 36.8 Å². The Labute approximate surface area is 180 Å². The number of methoxy groups -OCH3 is 1. The maximum atomic E-state index is 5.31. The molecule has 0 bridgehead atoms. The Hall–Kier alpha value is -3.30. The van der Waals surface area contributed by atoms with Gasteiger partial charge in [-0.25, -0.2) is 9.97 Å². The van der Waals surface area contributed by atoms with Crippen LogP contribution in [0.1, 0.15) is 4.88 Å². The fraction of sp³-hybridized carbons (Fsp3) is 0.0952. The Morgan fingerprint density at radius 2 is 1.80 bits per heavy atom. The van der Waals surface area contributed by atoms with Crippen LogP contribution in [0.5, 0.6) is 5.75 Å². The molecule has 0 spiro atoms. The smallest absolute Gasteiger partial charge is 0.202 e. The predicted octanol–water partition coefficient (Wildman–Crippen LogP) is 4.80. The van der Waals surface area contributed by atoms with Crippen LogP contribution < -0.4 is 4.74 Å². The number of hydrogen-bond acceptors (Lipinski definition) is 8. The van der Waals surface area contributed by atoms with Gasteiger partial charge in [0.05, 0.1) is 12.8 Å². The van der Waals surface area contributed by atoms with Crippen LogP contribution in [0.25, 0.3) is 27.3 Å². The van der Waals surface area contributed by atoms with Crippen molar-refractivity contribution in [3.05, 3.63) is 66.1 Å². The number of benzene rings is 1. The number of ether oxygens (including phenoxy) is 1. The molecule has 7 nitrogen and oxygen atoms in total. The van der Waals surface area contributed by atoms with Crippen LogP contribution >= 0.6 is 23.1 Å². The van der Waals surface area contributed by atoms with Gasteiger partial charge in [-0.05, 0) is 61.2 Å². The Morgan fingerprint density at radius 1 is 1.00 bits per heavy atom. The summed E-state index contributed by atoms with van der Waals surface area (Å²) in [4.78, 5) is 15.2.